The van der Waals surface area contributed by atoms with Crippen molar-refractivity contribution < 1.29 is 19.2 Å². The zero-order valence-corrected chi connectivity index (χ0v) is 17.7. The number of anilines is 1. The molecule has 1 amide bonds. The molecule has 0 radical (unpaired) electrons. The third kappa shape index (κ3) is 6.04. The van der Waals surface area contributed by atoms with E-state index in [1.54, 1.807) is 0 Å². The fourth-order valence-corrected chi connectivity index (χ4v) is 3.25. The standard InChI is InChI=1S/C23H27N3O5/c1-3-16(17-7-5-4-6-8-17)14-24-22(27)15(2)31-23(28)18-9-12-20(25-19-10-11-19)21(13-18)26(29)30/h4-9,12-13,15-16,19,25H,3,10-11,14H2,1-2H3,(H,24,27)/t15-,16-/m1/s1. The molecular formula is C23H27N3O5. The number of nitro groups is 1. The molecule has 2 aromatic rings. The molecule has 0 spiro atoms. The van der Waals surface area contributed by atoms with Gasteiger partial charge in [-0.1, -0.05) is 37.3 Å². The number of rotatable bonds is 10. The Bertz CT molecular complexity index is 943. The highest BCUT2D eigenvalue weighted by Gasteiger charge is 2.27. The van der Waals surface area contributed by atoms with Crippen LogP contribution in [0.25, 0.3) is 0 Å². The first kappa shape index (κ1) is 22.3. The Balaban J connectivity index is 1.58. The number of nitro benzene ring substituents is 1. The molecule has 1 aliphatic carbocycles. The van der Waals surface area contributed by atoms with Crippen molar-refractivity contribution in [1.82, 2.24) is 5.32 Å². The van der Waals surface area contributed by atoms with Gasteiger partial charge < -0.3 is 15.4 Å². The van der Waals surface area contributed by atoms with Gasteiger partial charge in [0.2, 0.25) is 0 Å². The van der Waals surface area contributed by atoms with Crippen LogP contribution in [0.2, 0.25) is 0 Å². The van der Waals surface area contributed by atoms with Gasteiger partial charge in [-0.25, -0.2) is 4.79 Å². The number of carbonyl (C=O) groups excluding carboxylic acids is 2. The fraction of sp³-hybridized carbons (Fsp3) is 0.391. The van der Waals surface area contributed by atoms with E-state index < -0.39 is 22.9 Å². The van der Waals surface area contributed by atoms with Crippen LogP contribution >= 0.6 is 0 Å². The summed E-state index contributed by atoms with van der Waals surface area (Å²) >= 11 is 0. The molecule has 1 saturated carbocycles. The van der Waals surface area contributed by atoms with Gasteiger partial charge in [0.25, 0.3) is 11.6 Å². The van der Waals surface area contributed by atoms with Gasteiger partial charge in [-0.3, -0.25) is 14.9 Å². The van der Waals surface area contributed by atoms with Crippen LogP contribution in [0.5, 0.6) is 0 Å². The van der Waals surface area contributed by atoms with Crippen LogP contribution in [-0.4, -0.2) is 35.5 Å². The number of esters is 1. The molecule has 3 rings (SSSR count). The lowest BCUT2D eigenvalue weighted by Crippen LogP contribution is -2.38. The predicted molar refractivity (Wildman–Crippen MR) is 117 cm³/mol. The Morgan fingerprint density at radius 2 is 1.90 bits per heavy atom. The van der Waals surface area contributed by atoms with E-state index in [0.717, 1.165) is 24.8 Å². The average Bonchev–Trinajstić information content (AvgIpc) is 3.58. The van der Waals surface area contributed by atoms with E-state index >= 15 is 0 Å². The van der Waals surface area contributed by atoms with Gasteiger partial charge in [-0.2, -0.15) is 0 Å². The molecule has 0 saturated heterocycles. The van der Waals surface area contributed by atoms with Crippen molar-refractivity contribution in [3.63, 3.8) is 0 Å². The van der Waals surface area contributed by atoms with Crippen LogP contribution in [0.1, 0.15) is 54.9 Å². The summed E-state index contributed by atoms with van der Waals surface area (Å²) in [4.78, 5) is 35.7. The Morgan fingerprint density at radius 1 is 1.19 bits per heavy atom. The molecule has 1 aliphatic rings. The number of amides is 1. The number of nitrogens with one attached hydrogen (secondary N) is 2. The molecule has 0 unspecified atom stereocenters. The molecule has 2 atom stereocenters. The van der Waals surface area contributed by atoms with E-state index in [2.05, 4.69) is 10.6 Å². The summed E-state index contributed by atoms with van der Waals surface area (Å²) in [7, 11) is 0. The zero-order chi connectivity index (χ0) is 22.4. The number of ether oxygens (including phenoxy) is 1. The topological polar surface area (TPSA) is 111 Å². The normalized spacial score (nSPS) is 14.9. The van der Waals surface area contributed by atoms with Crippen molar-refractivity contribution in [1.29, 1.82) is 0 Å². The lowest BCUT2D eigenvalue weighted by atomic mass is 9.96. The Hall–Kier alpha value is -3.42. The van der Waals surface area contributed by atoms with E-state index in [4.69, 9.17) is 4.74 Å². The van der Waals surface area contributed by atoms with Gasteiger partial charge in [0, 0.05) is 24.6 Å². The second kappa shape index (κ2) is 10.1. The third-order valence-corrected chi connectivity index (χ3v) is 5.31. The third-order valence-electron chi connectivity index (χ3n) is 5.31. The highest BCUT2D eigenvalue weighted by molar-refractivity contribution is 5.93. The first-order valence-corrected chi connectivity index (χ1v) is 10.5. The van der Waals surface area contributed by atoms with Crippen LogP contribution in [0.15, 0.2) is 48.5 Å². The first-order chi connectivity index (χ1) is 14.9. The van der Waals surface area contributed by atoms with Gasteiger partial charge in [0.05, 0.1) is 10.5 Å². The zero-order valence-electron chi connectivity index (χ0n) is 17.7. The van der Waals surface area contributed by atoms with E-state index in [1.807, 2.05) is 37.3 Å². The molecule has 0 aromatic heterocycles. The number of nitrogens with zero attached hydrogens (tertiary/aromatic N) is 1. The van der Waals surface area contributed by atoms with Crippen molar-refractivity contribution in [2.24, 2.45) is 0 Å². The molecular weight excluding hydrogens is 398 g/mol. The minimum atomic E-state index is -1.02. The van der Waals surface area contributed by atoms with Crippen molar-refractivity contribution in [2.45, 2.75) is 51.2 Å². The summed E-state index contributed by atoms with van der Waals surface area (Å²) in [6, 6.07) is 14.3. The Morgan fingerprint density at radius 3 is 2.52 bits per heavy atom. The molecule has 2 N–H and O–H groups in total. The molecule has 0 heterocycles. The maximum atomic E-state index is 12.5. The maximum Gasteiger partial charge on any atom is 0.339 e. The largest absolute Gasteiger partial charge is 0.449 e. The van der Waals surface area contributed by atoms with Gasteiger partial charge in [-0.05, 0) is 43.9 Å². The second-order valence-electron chi connectivity index (χ2n) is 7.72. The lowest BCUT2D eigenvalue weighted by Gasteiger charge is -2.18. The molecule has 8 heteroatoms. The van der Waals surface area contributed by atoms with Crippen LogP contribution in [0, 0.1) is 10.1 Å². The molecule has 1 fully saturated rings. The van der Waals surface area contributed by atoms with E-state index in [9.17, 15) is 19.7 Å². The summed E-state index contributed by atoms with van der Waals surface area (Å²) in [5, 5.41) is 17.3. The van der Waals surface area contributed by atoms with Gasteiger partial charge in [0.15, 0.2) is 6.10 Å². The quantitative estimate of drug-likeness (QED) is 0.338. The fourth-order valence-electron chi connectivity index (χ4n) is 3.25. The molecule has 2 aromatic carbocycles. The number of benzene rings is 2. The minimum absolute atomic E-state index is 0.0309. The van der Waals surface area contributed by atoms with Crippen LogP contribution in [0.4, 0.5) is 11.4 Å². The summed E-state index contributed by atoms with van der Waals surface area (Å²) in [6.07, 6.45) is 1.76. The van der Waals surface area contributed by atoms with Crippen LogP contribution in [0.3, 0.4) is 0 Å². The Kier molecular flexibility index (Phi) is 7.23. The monoisotopic (exact) mass is 425 g/mol. The van der Waals surface area contributed by atoms with Crippen molar-refractivity contribution in [3.8, 4) is 0 Å². The maximum absolute atomic E-state index is 12.5. The molecule has 31 heavy (non-hydrogen) atoms. The average molecular weight is 425 g/mol. The highest BCUT2D eigenvalue weighted by Crippen LogP contribution is 2.31. The minimum Gasteiger partial charge on any atom is -0.449 e. The molecule has 8 nitrogen and oxygen atoms in total. The summed E-state index contributed by atoms with van der Waals surface area (Å²) in [5.74, 6) is -1.04. The van der Waals surface area contributed by atoms with E-state index in [1.165, 1.54) is 25.1 Å². The molecule has 0 bridgehead atoms. The van der Waals surface area contributed by atoms with Crippen molar-refractivity contribution in [2.75, 3.05) is 11.9 Å². The van der Waals surface area contributed by atoms with Crippen LogP contribution < -0.4 is 10.6 Å². The summed E-state index contributed by atoms with van der Waals surface area (Å²) in [5.41, 5.74) is 1.35. The Labute approximate surface area is 181 Å². The number of carbonyl (C=O) groups is 2. The first-order valence-electron chi connectivity index (χ1n) is 10.5. The van der Waals surface area contributed by atoms with E-state index in [-0.39, 0.29) is 23.2 Å². The summed E-state index contributed by atoms with van der Waals surface area (Å²) in [6.45, 7) is 3.95. The van der Waals surface area contributed by atoms with Gasteiger partial charge in [0.1, 0.15) is 5.69 Å². The van der Waals surface area contributed by atoms with Gasteiger partial charge >= 0.3 is 5.97 Å². The summed E-state index contributed by atoms with van der Waals surface area (Å²) < 4.78 is 5.24. The smallest absolute Gasteiger partial charge is 0.339 e. The molecule has 164 valence electrons. The molecule has 0 aliphatic heterocycles. The van der Waals surface area contributed by atoms with Crippen molar-refractivity contribution in [3.05, 3.63) is 69.8 Å². The van der Waals surface area contributed by atoms with Crippen LogP contribution in [-0.2, 0) is 9.53 Å². The SMILES string of the molecule is CC[C@H](CNC(=O)[C@@H](C)OC(=O)c1ccc(NC2CC2)c([N+](=O)[O-])c1)c1ccccc1. The highest BCUT2D eigenvalue weighted by atomic mass is 16.6. The van der Waals surface area contributed by atoms with Crippen molar-refractivity contribution >= 4 is 23.3 Å². The van der Waals surface area contributed by atoms with Gasteiger partial charge in [-0.15, -0.1) is 0 Å². The lowest BCUT2D eigenvalue weighted by molar-refractivity contribution is -0.384. The number of hydrogen-bond donors (Lipinski definition) is 2. The van der Waals surface area contributed by atoms with E-state index in [0.29, 0.717) is 12.2 Å². The predicted octanol–water partition coefficient (Wildman–Crippen LogP) is 4.02. The number of hydrogen-bond acceptors (Lipinski definition) is 6. The second-order valence-corrected chi connectivity index (χ2v) is 7.72.